The zero-order valence-electron chi connectivity index (χ0n) is 6.11. The number of hydrogen-bond acceptors (Lipinski definition) is 3. The fraction of sp³-hybridized carbons (Fsp3) is 0.286. The van der Waals surface area contributed by atoms with Gasteiger partial charge in [0, 0.05) is 11.8 Å². The van der Waals surface area contributed by atoms with Gasteiger partial charge in [-0.3, -0.25) is 9.36 Å². The van der Waals surface area contributed by atoms with Crippen LogP contribution < -0.4 is 5.56 Å². The van der Waals surface area contributed by atoms with E-state index in [0.29, 0.717) is 5.69 Å². The molecule has 4 nitrogen and oxygen atoms in total. The summed E-state index contributed by atoms with van der Waals surface area (Å²) in [6.07, 6.45) is 1.38. The van der Waals surface area contributed by atoms with Crippen molar-refractivity contribution in [3.8, 4) is 6.07 Å². The van der Waals surface area contributed by atoms with E-state index in [1.165, 1.54) is 17.0 Å². The molecule has 0 bridgehead atoms. The van der Waals surface area contributed by atoms with Crippen molar-refractivity contribution in [3.05, 3.63) is 28.4 Å². The summed E-state index contributed by atoms with van der Waals surface area (Å²) in [4.78, 5) is 14.9. The Hall–Kier alpha value is -1.63. The molecular weight excluding hydrogens is 142 g/mol. The summed E-state index contributed by atoms with van der Waals surface area (Å²) in [5.74, 6) is 0. The predicted octanol–water partition coefficient (Wildman–Crippen LogP) is 0.0753. The predicted molar refractivity (Wildman–Crippen MR) is 38.8 cm³/mol. The molecule has 4 heteroatoms. The number of hydrogen-bond donors (Lipinski definition) is 0. The first-order valence-corrected chi connectivity index (χ1v) is 3.14. The van der Waals surface area contributed by atoms with Gasteiger partial charge in [0.2, 0.25) is 0 Å². The van der Waals surface area contributed by atoms with Crippen LogP contribution in [0.4, 0.5) is 0 Å². The minimum absolute atomic E-state index is 0.0616. The zero-order valence-corrected chi connectivity index (χ0v) is 6.11. The lowest BCUT2D eigenvalue weighted by Crippen LogP contribution is -2.19. The molecule has 11 heavy (non-hydrogen) atoms. The number of nitriles is 1. The van der Waals surface area contributed by atoms with E-state index in [0.717, 1.165) is 0 Å². The van der Waals surface area contributed by atoms with Crippen molar-refractivity contribution in [1.29, 1.82) is 5.26 Å². The first-order valence-electron chi connectivity index (χ1n) is 3.14. The van der Waals surface area contributed by atoms with Gasteiger partial charge in [-0.15, -0.1) is 0 Å². The molecule has 0 aromatic carbocycles. The Balaban J connectivity index is 3.12. The number of nitrogens with zero attached hydrogens (tertiary/aromatic N) is 3. The minimum Gasteiger partial charge on any atom is -0.285 e. The van der Waals surface area contributed by atoms with Gasteiger partial charge >= 0.3 is 0 Å². The van der Waals surface area contributed by atoms with Crippen molar-refractivity contribution in [2.24, 2.45) is 0 Å². The Morgan fingerprint density at radius 1 is 1.82 bits per heavy atom. The minimum atomic E-state index is -0.181. The highest BCUT2D eigenvalue weighted by molar-refractivity contribution is 4.96. The maximum absolute atomic E-state index is 11.0. The lowest BCUT2D eigenvalue weighted by atomic mass is 10.4. The van der Waals surface area contributed by atoms with Crippen LogP contribution >= 0.6 is 0 Å². The summed E-state index contributed by atoms with van der Waals surface area (Å²) in [6.45, 7) is 1.80. The van der Waals surface area contributed by atoms with Crippen LogP contribution in [0, 0.1) is 18.3 Å². The Kier molecular flexibility index (Phi) is 2.02. The highest BCUT2D eigenvalue weighted by Crippen LogP contribution is 1.83. The maximum Gasteiger partial charge on any atom is 0.254 e. The van der Waals surface area contributed by atoms with Crippen molar-refractivity contribution in [2.75, 3.05) is 0 Å². The van der Waals surface area contributed by atoms with Crippen LogP contribution in [0.2, 0.25) is 0 Å². The van der Waals surface area contributed by atoms with Gasteiger partial charge in [0.05, 0.1) is 12.4 Å². The van der Waals surface area contributed by atoms with E-state index in [9.17, 15) is 4.79 Å². The Bertz CT molecular complexity index is 347. The molecule has 0 atom stereocenters. The Morgan fingerprint density at radius 2 is 2.55 bits per heavy atom. The summed E-state index contributed by atoms with van der Waals surface area (Å²) in [5.41, 5.74) is 0.489. The van der Waals surface area contributed by atoms with E-state index in [2.05, 4.69) is 4.98 Å². The molecule has 0 radical (unpaired) electrons. The Morgan fingerprint density at radius 3 is 3.09 bits per heavy atom. The topological polar surface area (TPSA) is 58.7 Å². The summed E-state index contributed by atoms with van der Waals surface area (Å²) in [7, 11) is 0. The summed E-state index contributed by atoms with van der Waals surface area (Å²) in [6, 6.07) is 3.27. The monoisotopic (exact) mass is 149 g/mol. The van der Waals surface area contributed by atoms with Gasteiger partial charge in [-0.05, 0) is 6.92 Å². The molecule has 1 heterocycles. The molecule has 0 spiro atoms. The molecule has 0 amide bonds. The molecule has 56 valence electrons. The number of aromatic nitrogens is 2. The molecule has 0 saturated heterocycles. The van der Waals surface area contributed by atoms with Crippen LogP contribution in [0.1, 0.15) is 5.69 Å². The normalized spacial score (nSPS) is 9.09. The molecule has 1 aromatic rings. The van der Waals surface area contributed by atoms with Gasteiger partial charge in [0.1, 0.15) is 6.54 Å². The van der Waals surface area contributed by atoms with E-state index in [-0.39, 0.29) is 12.1 Å². The van der Waals surface area contributed by atoms with Gasteiger partial charge in [0.25, 0.3) is 5.56 Å². The fourth-order valence-corrected chi connectivity index (χ4v) is 0.711. The van der Waals surface area contributed by atoms with Gasteiger partial charge in [0.15, 0.2) is 0 Å². The summed E-state index contributed by atoms with van der Waals surface area (Å²) >= 11 is 0. The van der Waals surface area contributed by atoms with Gasteiger partial charge in [-0.1, -0.05) is 0 Å². The second-order valence-corrected chi connectivity index (χ2v) is 2.15. The van der Waals surface area contributed by atoms with Crippen LogP contribution in [-0.4, -0.2) is 9.55 Å². The smallest absolute Gasteiger partial charge is 0.254 e. The molecule has 0 unspecified atom stereocenters. The Labute approximate surface area is 63.7 Å². The molecule has 0 saturated carbocycles. The van der Waals surface area contributed by atoms with Crippen molar-refractivity contribution < 1.29 is 0 Å². The third kappa shape index (κ3) is 1.64. The third-order valence-corrected chi connectivity index (χ3v) is 1.26. The first-order chi connectivity index (χ1) is 5.24. The zero-order chi connectivity index (χ0) is 8.27. The summed E-state index contributed by atoms with van der Waals surface area (Å²) in [5, 5.41) is 8.28. The fourth-order valence-electron chi connectivity index (χ4n) is 0.711. The highest BCUT2D eigenvalue weighted by Gasteiger charge is 1.93. The van der Waals surface area contributed by atoms with E-state index < -0.39 is 0 Å². The van der Waals surface area contributed by atoms with E-state index >= 15 is 0 Å². The maximum atomic E-state index is 11.0. The molecule has 1 aromatic heterocycles. The number of rotatable bonds is 1. The molecule has 0 aliphatic carbocycles. The van der Waals surface area contributed by atoms with Crippen molar-refractivity contribution in [2.45, 2.75) is 13.5 Å². The van der Waals surface area contributed by atoms with Crippen LogP contribution in [-0.2, 0) is 6.54 Å². The number of aryl methyl sites for hydroxylation is 1. The van der Waals surface area contributed by atoms with E-state index in [4.69, 9.17) is 5.26 Å². The van der Waals surface area contributed by atoms with Crippen LogP contribution in [0.15, 0.2) is 17.2 Å². The largest absolute Gasteiger partial charge is 0.285 e. The van der Waals surface area contributed by atoms with Crippen molar-refractivity contribution >= 4 is 0 Å². The lowest BCUT2D eigenvalue weighted by Gasteiger charge is -1.96. The van der Waals surface area contributed by atoms with Crippen LogP contribution in [0.5, 0.6) is 0 Å². The first kappa shape index (κ1) is 7.48. The molecule has 0 fully saturated rings. The lowest BCUT2D eigenvalue weighted by molar-refractivity contribution is 0.755. The quantitative estimate of drug-likeness (QED) is 0.568. The van der Waals surface area contributed by atoms with Crippen molar-refractivity contribution in [3.63, 3.8) is 0 Å². The molecular formula is C7H7N3O. The third-order valence-electron chi connectivity index (χ3n) is 1.26. The molecule has 0 aliphatic rings. The van der Waals surface area contributed by atoms with Gasteiger partial charge in [-0.25, -0.2) is 4.98 Å². The highest BCUT2D eigenvalue weighted by atomic mass is 16.1. The molecule has 0 aliphatic heterocycles. The summed E-state index contributed by atoms with van der Waals surface area (Å²) < 4.78 is 1.26. The molecule has 0 N–H and O–H groups in total. The van der Waals surface area contributed by atoms with Gasteiger partial charge in [-0.2, -0.15) is 5.26 Å². The van der Waals surface area contributed by atoms with E-state index in [1.54, 1.807) is 6.92 Å². The van der Waals surface area contributed by atoms with Crippen LogP contribution in [0.3, 0.4) is 0 Å². The van der Waals surface area contributed by atoms with E-state index in [1.807, 2.05) is 6.07 Å². The van der Waals surface area contributed by atoms with Gasteiger partial charge < -0.3 is 0 Å². The van der Waals surface area contributed by atoms with Crippen LogP contribution in [0.25, 0.3) is 0 Å². The second-order valence-electron chi connectivity index (χ2n) is 2.15. The average Bonchev–Trinajstić information content (AvgIpc) is 1.95. The standard InChI is InChI=1S/C7H7N3O/c1-6-4-7(11)10(3-2-8)5-9-6/h4-5H,3H2,1H3. The second kappa shape index (κ2) is 2.97. The SMILES string of the molecule is Cc1cc(=O)n(CC#N)cn1. The molecule has 1 rings (SSSR count). The average molecular weight is 149 g/mol. The van der Waals surface area contributed by atoms with Crippen molar-refractivity contribution in [1.82, 2.24) is 9.55 Å².